The van der Waals surface area contributed by atoms with E-state index in [1.165, 1.54) is 12.1 Å². The summed E-state index contributed by atoms with van der Waals surface area (Å²) in [6.45, 7) is 5.38. The van der Waals surface area contributed by atoms with E-state index in [1.807, 2.05) is 37.3 Å². The zero-order valence-corrected chi connectivity index (χ0v) is 17.1. The quantitative estimate of drug-likeness (QED) is 0.341. The highest BCUT2D eigenvalue weighted by molar-refractivity contribution is 7.80. The molecule has 1 aliphatic rings. The molecule has 1 N–H and O–H groups in total. The average Bonchev–Trinajstić information content (AvgIpc) is 2.67. The number of allylic oxidation sites excluding steroid dienone is 1. The topological polar surface area (TPSA) is 84.7 Å². The summed E-state index contributed by atoms with van der Waals surface area (Å²) in [5.41, 5.74) is 2.53. The lowest BCUT2D eigenvalue weighted by atomic mass is 9.94. The highest BCUT2D eigenvalue weighted by Crippen LogP contribution is 2.34. The average molecular weight is 411 g/mol. The molecule has 0 amide bonds. The summed E-state index contributed by atoms with van der Waals surface area (Å²) in [6, 6.07) is 14.9. The molecule has 2 aromatic rings. The predicted molar refractivity (Wildman–Crippen MR) is 114 cm³/mol. The number of rotatable bonds is 5. The van der Waals surface area contributed by atoms with Crippen molar-refractivity contribution >= 4 is 34.7 Å². The first-order chi connectivity index (χ1) is 13.8. The van der Waals surface area contributed by atoms with Crippen molar-refractivity contribution in [2.75, 3.05) is 4.90 Å². The number of nitro groups is 1. The molecule has 0 aromatic heterocycles. The number of ether oxygens (including phenoxy) is 1. The van der Waals surface area contributed by atoms with E-state index in [-0.39, 0.29) is 11.8 Å². The lowest BCUT2D eigenvalue weighted by Crippen LogP contribution is -2.48. The number of nitrogens with one attached hydrogen (secondary N) is 1. The van der Waals surface area contributed by atoms with Gasteiger partial charge in [0.25, 0.3) is 5.69 Å². The Kier molecular flexibility index (Phi) is 5.93. The molecular formula is C21H21N3O4S. The first-order valence-electron chi connectivity index (χ1n) is 9.11. The zero-order chi connectivity index (χ0) is 21.1. The van der Waals surface area contributed by atoms with Gasteiger partial charge >= 0.3 is 5.97 Å². The molecule has 8 heteroatoms. The Morgan fingerprint density at radius 1 is 1.17 bits per heavy atom. The van der Waals surface area contributed by atoms with Crippen molar-refractivity contribution < 1.29 is 14.5 Å². The van der Waals surface area contributed by atoms with Crippen molar-refractivity contribution in [3.63, 3.8) is 0 Å². The molecule has 0 spiro atoms. The van der Waals surface area contributed by atoms with Gasteiger partial charge in [0.1, 0.15) is 0 Å². The van der Waals surface area contributed by atoms with Crippen LogP contribution >= 0.6 is 12.2 Å². The molecule has 1 aliphatic heterocycles. The summed E-state index contributed by atoms with van der Waals surface area (Å²) < 4.78 is 5.48. The van der Waals surface area contributed by atoms with Crippen LogP contribution in [0.5, 0.6) is 0 Å². The van der Waals surface area contributed by atoms with Crippen LogP contribution in [0.25, 0.3) is 0 Å². The minimum Gasteiger partial charge on any atom is -0.459 e. The van der Waals surface area contributed by atoms with Crippen LogP contribution in [0.4, 0.5) is 11.4 Å². The third kappa shape index (κ3) is 4.27. The molecule has 2 aromatic carbocycles. The number of benzene rings is 2. The fraction of sp³-hybridized carbons (Fsp3) is 0.238. The molecule has 1 heterocycles. The van der Waals surface area contributed by atoms with E-state index in [9.17, 15) is 14.9 Å². The number of non-ortho nitro benzene ring substituents is 1. The summed E-state index contributed by atoms with van der Waals surface area (Å²) in [5.74, 6) is -0.461. The molecule has 3 rings (SSSR count). The fourth-order valence-electron chi connectivity index (χ4n) is 3.21. The second-order valence-corrected chi connectivity index (χ2v) is 7.24. The monoisotopic (exact) mass is 411 g/mol. The summed E-state index contributed by atoms with van der Waals surface area (Å²) in [5, 5.41) is 14.6. The molecular weight excluding hydrogens is 390 g/mol. The van der Waals surface area contributed by atoms with Crippen molar-refractivity contribution in [2.45, 2.75) is 32.9 Å². The van der Waals surface area contributed by atoms with E-state index < -0.39 is 16.9 Å². The maximum Gasteiger partial charge on any atom is 0.338 e. The van der Waals surface area contributed by atoms with Gasteiger partial charge in [-0.05, 0) is 62.8 Å². The summed E-state index contributed by atoms with van der Waals surface area (Å²) >= 11 is 5.58. The van der Waals surface area contributed by atoms with E-state index in [1.54, 1.807) is 30.9 Å². The van der Waals surface area contributed by atoms with Gasteiger partial charge in [-0.1, -0.05) is 18.2 Å². The van der Waals surface area contributed by atoms with Gasteiger partial charge in [0, 0.05) is 23.5 Å². The van der Waals surface area contributed by atoms with Gasteiger partial charge in [0.05, 0.1) is 22.6 Å². The second kappa shape index (κ2) is 8.40. The number of para-hydroxylation sites is 1. The van der Waals surface area contributed by atoms with Gasteiger partial charge in [0.2, 0.25) is 0 Å². The van der Waals surface area contributed by atoms with E-state index in [4.69, 9.17) is 17.0 Å². The van der Waals surface area contributed by atoms with Gasteiger partial charge in [-0.15, -0.1) is 0 Å². The molecule has 0 saturated carbocycles. The Labute approximate surface area is 174 Å². The highest BCUT2D eigenvalue weighted by Gasteiger charge is 2.35. The van der Waals surface area contributed by atoms with Crippen LogP contribution in [0.15, 0.2) is 65.9 Å². The SMILES string of the molecule is CC1=C(C(=O)OC(C)C)[C@@H](c2ccc([N+](=O)[O-])cc2)NC(=S)N1c1ccccc1. The Hall–Kier alpha value is -3.26. The van der Waals surface area contributed by atoms with E-state index in [2.05, 4.69) is 5.32 Å². The Balaban J connectivity index is 2.10. The number of esters is 1. The predicted octanol–water partition coefficient (Wildman–Crippen LogP) is 4.26. The smallest absolute Gasteiger partial charge is 0.338 e. The van der Waals surface area contributed by atoms with Crippen LogP contribution < -0.4 is 10.2 Å². The molecule has 29 heavy (non-hydrogen) atoms. The van der Waals surface area contributed by atoms with Crippen LogP contribution in [0.3, 0.4) is 0 Å². The number of carbonyl (C=O) groups is 1. The Bertz CT molecular complexity index is 971. The number of anilines is 1. The van der Waals surface area contributed by atoms with Gasteiger partial charge < -0.3 is 10.1 Å². The molecule has 0 fully saturated rings. The van der Waals surface area contributed by atoms with Gasteiger partial charge in [-0.3, -0.25) is 15.0 Å². The number of nitro benzene ring substituents is 1. The molecule has 0 unspecified atom stereocenters. The van der Waals surface area contributed by atoms with Crippen molar-refractivity contribution in [1.82, 2.24) is 5.32 Å². The Morgan fingerprint density at radius 2 is 1.79 bits per heavy atom. The normalized spacial score (nSPS) is 16.6. The van der Waals surface area contributed by atoms with Gasteiger partial charge in [-0.2, -0.15) is 0 Å². The lowest BCUT2D eigenvalue weighted by Gasteiger charge is -2.37. The minimum atomic E-state index is -0.575. The molecule has 0 aliphatic carbocycles. The summed E-state index contributed by atoms with van der Waals surface area (Å²) in [4.78, 5) is 25.3. The number of hydrogen-bond acceptors (Lipinski definition) is 5. The van der Waals surface area contributed by atoms with Gasteiger partial charge in [0.15, 0.2) is 5.11 Å². The van der Waals surface area contributed by atoms with Crippen LogP contribution in [0.1, 0.15) is 32.4 Å². The third-order valence-electron chi connectivity index (χ3n) is 4.50. The highest BCUT2D eigenvalue weighted by atomic mass is 32.1. The van der Waals surface area contributed by atoms with Crippen molar-refractivity contribution in [1.29, 1.82) is 0 Å². The minimum absolute atomic E-state index is 0.0231. The summed E-state index contributed by atoms with van der Waals surface area (Å²) in [7, 11) is 0. The number of carbonyl (C=O) groups excluding carboxylic acids is 1. The molecule has 0 bridgehead atoms. The summed E-state index contributed by atoms with van der Waals surface area (Å²) in [6.07, 6.45) is -0.292. The maximum atomic E-state index is 13.0. The van der Waals surface area contributed by atoms with E-state index in [0.29, 0.717) is 21.9 Å². The number of nitrogens with zero attached hydrogens (tertiary/aromatic N) is 2. The molecule has 1 atom stereocenters. The number of thiocarbonyl (C=S) groups is 1. The molecule has 0 radical (unpaired) electrons. The van der Waals surface area contributed by atoms with E-state index in [0.717, 1.165) is 5.69 Å². The largest absolute Gasteiger partial charge is 0.459 e. The molecule has 7 nitrogen and oxygen atoms in total. The van der Waals surface area contributed by atoms with Crippen LogP contribution in [0.2, 0.25) is 0 Å². The third-order valence-corrected chi connectivity index (χ3v) is 4.80. The van der Waals surface area contributed by atoms with Crippen molar-refractivity contribution in [3.05, 3.63) is 81.5 Å². The zero-order valence-electron chi connectivity index (χ0n) is 16.3. The number of hydrogen-bond donors (Lipinski definition) is 1. The first kappa shape index (κ1) is 20.5. The maximum absolute atomic E-state index is 13.0. The molecule has 0 saturated heterocycles. The fourth-order valence-corrected chi connectivity index (χ4v) is 3.57. The van der Waals surface area contributed by atoms with E-state index >= 15 is 0 Å². The standard InChI is InChI=1S/C21H21N3O4S/c1-13(2)28-20(25)18-14(3)23(16-7-5-4-6-8-16)21(29)22-19(18)15-9-11-17(12-10-15)24(26)27/h4-13,19H,1-3H3,(H,22,29)/t19-/m1/s1. The van der Waals surface area contributed by atoms with Crippen LogP contribution in [0, 0.1) is 10.1 Å². The van der Waals surface area contributed by atoms with Crippen molar-refractivity contribution in [3.8, 4) is 0 Å². The first-order valence-corrected chi connectivity index (χ1v) is 9.52. The second-order valence-electron chi connectivity index (χ2n) is 6.86. The molecule has 150 valence electrons. The Morgan fingerprint density at radius 3 is 2.34 bits per heavy atom. The van der Waals surface area contributed by atoms with Crippen molar-refractivity contribution in [2.24, 2.45) is 0 Å². The van der Waals surface area contributed by atoms with Crippen LogP contribution in [-0.2, 0) is 9.53 Å². The van der Waals surface area contributed by atoms with Crippen LogP contribution in [-0.4, -0.2) is 22.1 Å². The van der Waals surface area contributed by atoms with Gasteiger partial charge in [-0.25, -0.2) is 4.79 Å². The lowest BCUT2D eigenvalue weighted by molar-refractivity contribution is -0.384.